The molecule has 0 aliphatic carbocycles. The van der Waals surface area contributed by atoms with Gasteiger partial charge in [0.15, 0.2) is 70.1 Å². The van der Waals surface area contributed by atoms with Crippen LogP contribution >= 0.6 is 23.5 Å². The molecule has 1 aromatic heterocycles. The van der Waals surface area contributed by atoms with E-state index in [2.05, 4.69) is 20.2 Å². The van der Waals surface area contributed by atoms with E-state index in [0.29, 0.717) is 73.8 Å². The molecule has 8 atom stereocenters. The smallest absolute Gasteiger partial charge is 0.312 e. The number of aromatic hydroxyl groups is 5. The van der Waals surface area contributed by atoms with Crippen molar-refractivity contribution in [1.82, 2.24) is 20.2 Å². The van der Waals surface area contributed by atoms with Crippen molar-refractivity contribution in [3.05, 3.63) is 143 Å². The average molecular weight is 1690 g/mol. The van der Waals surface area contributed by atoms with Gasteiger partial charge in [0.05, 0.1) is 112 Å². The monoisotopic (exact) mass is 1680 g/mol. The molecule has 0 spiro atoms. The highest BCUT2D eigenvalue weighted by molar-refractivity contribution is 8.20. The van der Waals surface area contributed by atoms with E-state index in [1.54, 1.807) is 75.1 Å². The van der Waals surface area contributed by atoms with Crippen LogP contribution < -0.4 is 29.0 Å². The van der Waals surface area contributed by atoms with Crippen molar-refractivity contribution in [2.45, 2.75) is 149 Å². The van der Waals surface area contributed by atoms with E-state index >= 15 is 0 Å². The zero-order chi connectivity index (χ0) is 83.8. The lowest BCUT2D eigenvalue weighted by Crippen LogP contribution is -2.59. The number of hydrogen-bond donors (Lipinski definition) is 13. The number of aromatic nitrogens is 2. The Labute approximate surface area is 692 Å². The summed E-state index contributed by atoms with van der Waals surface area (Å²) in [7, 11) is 7.57. The van der Waals surface area contributed by atoms with Crippen molar-refractivity contribution < 1.29 is 137 Å². The summed E-state index contributed by atoms with van der Waals surface area (Å²) in [5, 5.41) is 117. The van der Waals surface area contributed by atoms with Crippen molar-refractivity contribution in [2.75, 3.05) is 166 Å². The van der Waals surface area contributed by atoms with Crippen LogP contribution in [-0.4, -0.2) is 279 Å². The van der Waals surface area contributed by atoms with Gasteiger partial charge in [-0.2, -0.15) is 0 Å². The first-order valence-electron chi connectivity index (χ1n) is 39.6. The molecule has 32 nitrogen and oxygen atoms in total. The first kappa shape index (κ1) is 95.6. The van der Waals surface area contributed by atoms with Gasteiger partial charge in [0.25, 0.3) is 0 Å². The number of unbranched alkanes of at least 4 members (excludes halogenated alkanes) is 6. The quantitative estimate of drug-likeness (QED) is 0.0163. The molecule has 12 rings (SSSR count). The van der Waals surface area contributed by atoms with E-state index < -0.39 is 55.5 Å². The molecular formula is C83H120N4O28S2. The van der Waals surface area contributed by atoms with E-state index in [9.17, 15) is 46.0 Å². The first-order valence-corrected chi connectivity index (χ1v) is 41.6. The van der Waals surface area contributed by atoms with Gasteiger partial charge in [-0.15, -0.1) is 23.5 Å². The number of piperazine rings is 1. The molecule has 0 amide bonds. The number of aliphatic hydroxyl groups excluding tert-OH is 7. The predicted octanol–water partition coefficient (Wildman–Crippen LogP) is 7.87. The number of phenols is 5. The summed E-state index contributed by atoms with van der Waals surface area (Å²) in [6.07, 6.45) is 10.8. The summed E-state index contributed by atoms with van der Waals surface area (Å²) in [6.45, 7) is 7.54. The summed E-state index contributed by atoms with van der Waals surface area (Å²) in [5.74, 6) is 2.02. The first-order chi connectivity index (χ1) is 56.8. The van der Waals surface area contributed by atoms with Crippen LogP contribution in [0.5, 0.6) is 57.5 Å². The number of nitrogens with zero attached hydrogens (tertiary/aromatic N) is 3. The number of ether oxygens (including phenoxy) is 16. The molecule has 6 fully saturated rings. The summed E-state index contributed by atoms with van der Waals surface area (Å²) in [6, 6.07) is 26.0. The average Bonchev–Trinajstić information content (AvgIpc) is 1.71. The van der Waals surface area contributed by atoms with Gasteiger partial charge in [-0.1, -0.05) is 43.9 Å². The number of hydrogen-bond acceptors (Lipinski definition) is 34. The van der Waals surface area contributed by atoms with Gasteiger partial charge in [0, 0.05) is 92.7 Å². The van der Waals surface area contributed by atoms with Crippen molar-refractivity contribution >= 4 is 23.5 Å². The maximum absolute atomic E-state index is 9.97. The largest absolute Gasteiger partial charge is 0.504 e. The van der Waals surface area contributed by atoms with Crippen LogP contribution in [0, 0.1) is 0 Å². The van der Waals surface area contributed by atoms with E-state index in [0.717, 1.165) is 138 Å². The molecule has 13 N–H and O–H groups in total. The fraction of sp³-hybridized carbons (Fsp3) is 0.590. The Morgan fingerprint density at radius 1 is 0.513 bits per heavy atom. The number of methoxy groups -OCH3 is 5. The van der Waals surface area contributed by atoms with Gasteiger partial charge in [0.2, 0.25) is 0 Å². The van der Waals surface area contributed by atoms with Gasteiger partial charge >= 0.3 is 11.9 Å². The SMILES string of the molecule is COc1cc(C2(CCCCCO)SCCS2)ccc1O.COc1cc(C2(OCCOCCCc3cncnc3)OCCO2)ccc1O.COc1cc(C2(OCCO[C@H]3OC(CO)[C@@H](O)C(O)[C@H]3O)OCCO2)ccc1O.COc1cc(C2CN(CCCCCO)CCN2)ccc1O.COc1cc(C2OCC(CCCCCO)O2)ccc1O. The number of rotatable bonds is 39. The van der Waals surface area contributed by atoms with E-state index in [1.807, 2.05) is 47.8 Å². The minimum atomic E-state index is -1.52. The van der Waals surface area contributed by atoms with E-state index in [-0.39, 0.29) is 97.0 Å². The van der Waals surface area contributed by atoms with Crippen molar-refractivity contribution in [2.24, 2.45) is 0 Å². The predicted molar refractivity (Wildman–Crippen MR) is 433 cm³/mol. The van der Waals surface area contributed by atoms with Crippen LogP contribution in [0.2, 0.25) is 0 Å². The lowest BCUT2D eigenvalue weighted by Gasteiger charge is -2.39. The molecular weight excluding hydrogens is 1570 g/mol. The molecule has 0 bridgehead atoms. The molecule has 7 heterocycles. The molecule has 6 aliphatic rings. The fourth-order valence-corrected chi connectivity index (χ4v) is 16.8. The highest BCUT2D eigenvalue weighted by Gasteiger charge is 2.46. The van der Waals surface area contributed by atoms with Crippen LogP contribution in [0.4, 0.5) is 0 Å². The Balaban J connectivity index is 0.000000184. The maximum atomic E-state index is 9.97. The summed E-state index contributed by atoms with van der Waals surface area (Å²) < 4.78 is 87.8. The number of benzene rings is 5. The Morgan fingerprint density at radius 2 is 1.01 bits per heavy atom. The van der Waals surface area contributed by atoms with Crippen LogP contribution in [0.3, 0.4) is 0 Å². The normalized spacial score (nSPS) is 21.7. The van der Waals surface area contributed by atoms with Crippen LogP contribution in [0.1, 0.15) is 123 Å². The van der Waals surface area contributed by atoms with Crippen LogP contribution in [0.25, 0.3) is 0 Å². The van der Waals surface area contributed by atoms with Crippen molar-refractivity contribution in [3.8, 4) is 57.5 Å². The zero-order valence-electron chi connectivity index (χ0n) is 67.4. The number of aryl methyl sites for hydroxylation is 1. The maximum Gasteiger partial charge on any atom is 0.312 e. The molecule has 6 aliphatic heterocycles. The molecule has 6 aromatic rings. The number of phenolic OH excluding ortho intramolecular Hbond substituents is 5. The third-order valence-electron chi connectivity index (χ3n) is 19.7. The highest BCUT2D eigenvalue weighted by atomic mass is 32.2. The second-order valence-corrected chi connectivity index (χ2v) is 30.9. The van der Waals surface area contributed by atoms with Crippen molar-refractivity contribution in [3.63, 3.8) is 0 Å². The minimum absolute atomic E-state index is 0.0431. The molecule has 6 saturated heterocycles. The van der Waals surface area contributed by atoms with Crippen molar-refractivity contribution in [1.29, 1.82) is 0 Å². The Hall–Kier alpha value is -6.92. The molecule has 652 valence electrons. The number of thioether (sulfide) groups is 2. The Bertz CT molecular complexity index is 3770. The highest BCUT2D eigenvalue weighted by Crippen LogP contribution is 2.56. The summed E-state index contributed by atoms with van der Waals surface area (Å²) in [4.78, 5) is 10.4. The Kier molecular flexibility index (Phi) is 41.6. The second-order valence-electron chi connectivity index (χ2n) is 27.8. The fourth-order valence-electron chi connectivity index (χ4n) is 13.4. The minimum Gasteiger partial charge on any atom is -0.504 e. The third kappa shape index (κ3) is 28.9. The van der Waals surface area contributed by atoms with Gasteiger partial charge in [-0.05, 0) is 154 Å². The topological polar surface area (TPSA) is 431 Å². The number of aliphatic hydroxyl groups is 7. The molecule has 117 heavy (non-hydrogen) atoms. The Morgan fingerprint density at radius 3 is 1.56 bits per heavy atom. The molecule has 5 aromatic carbocycles. The van der Waals surface area contributed by atoms with Gasteiger partial charge in [-0.25, -0.2) is 9.97 Å². The lowest BCUT2D eigenvalue weighted by molar-refractivity contribution is -0.352. The third-order valence-corrected chi connectivity index (χ3v) is 23.3. The summed E-state index contributed by atoms with van der Waals surface area (Å²) in [5.41, 5.74) is 5.40. The molecule has 34 heteroatoms. The standard InChI is InChI=1S/C19H24N2O6.C18H26O11.C16H26N2O3.C15H22O5.C15H22O3S2/c1-23-18-11-16(4-5-17(18)22)19(26-9-10-27-19)25-8-7-24-6-2-3-15-12-20-14-21-13-15;1-24-12-8-10(2-3-11(12)20)18(27-6-7-28-18)26-5-4-25-17-16(23)15(22)14(21)13(9-19)29-17;1-21-16-11-13(5-6-15(16)20)14-12-18(9-7-17-14)8-3-2-4-10-19;1-18-14-9-11(6-7-13(14)17)15-19-10-12(20-15)5-3-2-4-8-16;1-18-14-11-12(5-6-13(14)17)15(19-9-10-20-15)7-3-2-4-8-16/h4-5,11-14,22H,2-3,6-10H2,1H3;2-3,8,13-17,19-23H,4-7,9H2,1H3;5-6,11,14,17,19-20H,2-4,7-10,12H2,1H3;6-7,9,12,15-17H,2-5,8,10H2,1H3;5-6,11,16-17H,2-4,7-10H2,1H3/t;13?,14-,15?,16-,17+;;;/m.1.../s1. The van der Waals surface area contributed by atoms with Gasteiger partial charge < -0.3 is 147 Å². The molecule has 5 unspecified atom stereocenters. The molecule has 0 saturated carbocycles. The lowest BCUT2D eigenvalue weighted by atomic mass is 9.99. The summed E-state index contributed by atoms with van der Waals surface area (Å²) >= 11 is 3.98. The molecule has 0 radical (unpaired) electrons. The second kappa shape index (κ2) is 51.0. The van der Waals surface area contributed by atoms with Crippen LogP contribution in [0.15, 0.2) is 110 Å². The van der Waals surface area contributed by atoms with Gasteiger partial charge in [-0.3, -0.25) is 0 Å². The van der Waals surface area contributed by atoms with E-state index in [4.69, 9.17) is 91.1 Å². The van der Waals surface area contributed by atoms with E-state index in [1.165, 1.54) is 51.4 Å². The van der Waals surface area contributed by atoms with Crippen LogP contribution in [-0.2, 0) is 74.6 Å². The zero-order valence-corrected chi connectivity index (χ0v) is 69.0. The number of nitrogens with one attached hydrogen (secondary N) is 1. The van der Waals surface area contributed by atoms with Gasteiger partial charge in [0.1, 0.15) is 30.7 Å².